The van der Waals surface area contributed by atoms with E-state index in [0.717, 1.165) is 11.3 Å². The topological polar surface area (TPSA) is 58.4 Å². The van der Waals surface area contributed by atoms with Crippen LogP contribution in [0.4, 0.5) is 0 Å². The Bertz CT molecular complexity index is 417. The van der Waals surface area contributed by atoms with Crippen molar-refractivity contribution in [3.63, 3.8) is 0 Å². The molecule has 0 saturated heterocycles. The Labute approximate surface area is 94.7 Å². The summed E-state index contributed by atoms with van der Waals surface area (Å²) in [5, 5.41) is 12.9. The maximum Gasteiger partial charge on any atom is 0.317 e. The number of aromatic nitrogens is 2. The summed E-state index contributed by atoms with van der Waals surface area (Å²) in [5.41, 5.74) is 1.90. The fraction of sp³-hybridized carbons (Fsp3) is 0.455. The Morgan fingerprint density at radius 1 is 1.75 bits per heavy atom. The highest BCUT2D eigenvalue weighted by atomic mass is 16.4. The first-order chi connectivity index (χ1) is 7.52. The second-order valence-electron chi connectivity index (χ2n) is 3.66. The summed E-state index contributed by atoms with van der Waals surface area (Å²) in [5.74, 6) is 1.58. The van der Waals surface area contributed by atoms with E-state index >= 15 is 0 Å². The smallest absolute Gasteiger partial charge is 0.317 e. The standard InChI is InChI=1S/C11H15N3O2/c1-4-5-14(8-11(15)16)7-10-6-13(3)12-9(10)2/h1,6H,5,7-8H2,2-3H3,(H,15,16). The van der Waals surface area contributed by atoms with Gasteiger partial charge in [0.1, 0.15) is 0 Å². The molecule has 0 amide bonds. The molecule has 0 saturated carbocycles. The van der Waals surface area contributed by atoms with Crippen LogP contribution in [-0.4, -0.2) is 38.8 Å². The van der Waals surface area contributed by atoms with Crippen molar-refractivity contribution in [1.82, 2.24) is 14.7 Å². The Kier molecular flexibility index (Phi) is 4.09. The number of hydrogen-bond donors (Lipinski definition) is 1. The molecule has 5 nitrogen and oxygen atoms in total. The van der Waals surface area contributed by atoms with Crippen molar-refractivity contribution in [2.24, 2.45) is 7.05 Å². The van der Waals surface area contributed by atoms with E-state index in [4.69, 9.17) is 11.5 Å². The average molecular weight is 221 g/mol. The van der Waals surface area contributed by atoms with E-state index in [0.29, 0.717) is 13.1 Å². The van der Waals surface area contributed by atoms with E-state index in [1.807, 2.05) is 20.2 Å². The predicted octanol–water partition coefficient (Wildman–Crippen LogP) is 0.248. The van der Waals surface area contributed by atoms with Crippen LogP contribution in [0.1, 0.15) is 11.3 Å². The van der Waals surface area contributed by atoms with Crippen molar-refractivity contribution in [1.29, 1.82) is 0 Å². The Morgan fingerprint density at radius 3 is 2.88 bits per heavy atom. The molecular formula is C11H15N3O2. The second-order valence-corrected chi connectivity index (χ2v) is 3.66. The molecule has 86 valence electrons. The number of nitrogens with zero attached hydrogens (tertiary/aromatic N) is 3. The van der Waals surface area contributed by atoms with Crippen molar-refractivity contribution < 1.29 is 9.90 Å². The van der Waals surface area contributed by atoms with Gasteiger partial charge < -0.3 is 5.11 Å². The summed E-state index contributed by atoms with van der Waals surface area (Å²) in [6.07, 6.45) is 7.07. The van der Waals surface area contributed by atoms with Gasteiger partial charge in [-0.05, 0) is 6.92 Å². The van der Waals surface area contributed by atoms with Gasteiger partial charge in [0, 0.05) is 25.4 Å². The maximum absolute atomic E-state index is 10.6. The minimum absolute atomic E-state index is 0.0570. The molecule has 1 aromatic rings. The molecule has 0 aromatic carbocycles. The molecule has 0 aliphatic rings. The molecule has 1 rings (SSSR count). The summed E-state index contributed by atoms with van der Waals surface area (Å²) in [7, 11) is 1.83. The Hall–Kier alpha value is -1.80. The van der Waals surface area contributed by atoms with Crippen LogP contribution in [0.25, 0.3) is 0 Å². The highest BCUT2D eigenvalue weighted by molar-refractivity contribution is 5.69. The zero-order valence-corrected chi connectivity index (χ0v) is 9.47. The van der Waals surface area contributed by atoms with Gasteiger partial charge in [-0.1, -0.05) is 5.92 Å². The number of aliphatic carboxylic acids is 1. The van der Waals surface area contributed by atoms with E-state index in [9.17, 15) is 4.79 Å². The Balaban J connectivity index is 2.71. The lowest BCUT2D eigenvalue weighted by molar-refractivity contribution is -0.138. The van der Waals surface area contributed by atoms with Crippen LogP contribution in [0.5, 0.6) is 0 Å². The fourth-order valence-electron chi connectivity index (χ4n) is 1.53. The number of carboxylic acid groups (broad SMARTS) is 1. The fourth-order valence-corrected chi connectivity index (χ4v) is 1.53. The first-order valence-electron chi connectivity index (χ1n) is 4.89. The van der Waals surface area contributed by atoms with Crippen molar-refractivity contribution in [2.75, 3.05) is 13.1 Å². The second kappa shape index (κ2) is 5.33. The van der Waals surface area contributed by atoms with Gasteiger partial charge in [-0.25, -0.2) is 0 Å². The molecule has 0 atom stereocenters. The van der Waals surface area contributed by atoms with Crippen LogP contribution in [0.15, 0.2) is 6.20 Å². The summed E-state index contributed by atoms with van der Waals surface area (Å²) in [6, 6.07) is 0. The van der Waals surface area contributed by atoms with Crippen molar-refractivity contribution >= 4 is 5.97 Å². The zero-order chi connectivity index (χ0) is 12.1. The summed E-state index contributed by atoms with van der Waals surface area (Å²) in [4.78, 5) is 12.3. The number of carbonyl (C=O) groups is 1. The predicted molar refractivity (Wildman–Crippen MR) is 59.7 cm³/mol. The van der Waals surface area contributed by atoms with Crippen molar-refractivity contribution in [3.8, 4) is 12.3 Å². The quantitative estimate of drug-likeness (QED) is 0.724. The number of terminal acetylenes is 1. The lowest BCUT2D eigenvalue weighted by Crippen LogP contribution is -2.29. The highest BCUT2D eigenvalue weighted by Gasteiger charge is 2.12. The van der Waals surface area contributed by atoms with E-state index < -0.39 is 5.97 Å². The maximum atomic E-state index is 10.6. The van der Waals surface area contributed by atoms with Gasteiger partial charge in [-0.15, -0.1) is 6.42 Å². The van der Waals surface area contributed by atoms with Gasteiger partial charge in [0.2, 0.25) is 0 Å². The van der Waals surface area contributed by atoms with Crippen LogP contribution in [0.3, 0.4) is 0 Å². The van der Waals surface area contributed by atoms with Gasteiger partial charge >= 0.3 is 5.97 Å². The SMILES string of the molecule is C#CCN(CC(=O)O)Cc1cn(C)nc1C. The number of rotatable bonds is 5. The minimum atomic E-state index is -0.878. The van der Waals surface area contributed by atoms with Crippen LogP contribution < -0.4 is 0 Å². The average Bonchev–Trinajstić information content (AvgIpc) is 2.44. The molecule has 1 heterocycles. The normalized spacial score (nSPS) is 10.4. The van der Waals surface area contributed by atoms with Gasteiger partial charge in [-0.2, -0.15) is 5.10 Å². The molecule has 5 heteroatoms. The van der Waals surface area contributed by atoms with E-state index in [-0.39, 0.29) is 6.54 Å². The largest absolute Gasteiger partial charge is 0.480 e. The third-order valence-electron chi connectivity index (χ3n) is 2.18. The lowest BCUT2D eigenvalue weighted by Gasteiger charge is -2.16. The van der Waals surface area contributed by atoms with Crippen LogP contribution in [0.2, 0.25) is 0 Å². The van der Waals surface area contributed by atoms with E-state index in [1.54, 1.807) is 9.58 Å². The van der Waals surface area contributed by atoms with Crippen molar-refractivity contribution in [3.05, 3.63) is 17.5 Å². The Morgan fingerprint density at radius 2 is 2.44 bits per heavy atom. The van der Waals surface area contributed by atoms with Gasteiger partial charge in [0.25, 0.3) is 0 Å². The lowest BCUT2D eigenvalue weighted by atomic mass is 10.2. The van der Waals surface area contributed by atoms with Crippen LogP contribution in [0, 0.1) is 19.3 Å². The van der Waals surface area contributed by atoms with Gasteiger partial charge in [-0.3, -0.25) is 14.4 Å². The summed E-state index contributed by atoms with van der Waals surface area (Å²) in [6.45, 7) is 2.67. The number of hydrogen-bond acceptors (Lipinski definition) is 3. The summed E-state index contributed by atoms with van der Waals surface area (Å²) < 4.78 is 1.71. The molecule has 0 unspecified atom stereocenters. The number of carboxylic acids is 1. The molecule has 0 bridgehead atoms. The first-order valence-corrected chi connectivity index (χ1v) is 4.89. The molecule has 0 fully saturated rings. The first kappa shape index (κ1) is 12.3. The zero-order valence-electron chi connectivity index (χ0n) is 9.47. The molecule has 1 aromatic heterocycles. The summed E-state index contributed by atoms with van der Waals surface area (Å²) >= 11 is 0. The van der Waals surface area contributed by atoms with Gasteiger partial charge in [0.05, 0.1) is 18.8 Å². The molecule has 16 heavy (non-hydrogen) atoms. The van der Waals surface area contributed by atoms with Gasteiger partial charge in [0.15, 0.2) is 0 Å². The molecule has 0 spiro atoms. The third kappa shape index (κ3) is 3.41. The molecule has 1 N–H and O–H groups in total. The van der Waals surface area contributed by atoms with Crippen molar-refractivity contribution in [2.45, 2.75) is 13.5 Å². The van der Waals surface area contributed by atoms with Crippen LogP contribution >= 0.6 is 0 Å². The monoisotopic (exact) mass is 221 g/mol. The van der Waals surface area contributed by atoms with E-state index in [1.165, 1.54) is 0 Å². The molecule has 0 aliphatic carbocycles. The van der Waals surface area contributed by atoms with Crippen LogP contribution in [-0.2, 0) is 18.4 Å². The third-order valence-corrected chi connectivity index (χ3v) is 2.18. The number of aryl methyl sites for hydroxylation is 2. The molecule has 0 radical (unpaired) electrons. The molecule has 0 aliphatic heterocycles. The highest BCUT2D eigenvalue weighted by Crippen LogP contribution is 2.08. The minimum Gasteiger partial charge on any atom is -0.480 e. The molecular weight excluding hydrogens is 206 g/mol. The van der Waals surface area contributed by atoms with E-state index in [2.05, 4.69) is 11.0 Å².